The second kappa shape index (κ2) is 6.55. The van der Waals surface area contributed by atoms with Crippen LogP contribution in [0.1, 0.15) is 45.2 Å². The van der Waals surface area contributed by atoms with Gasteiger partial charge in [-0.2, -0.15) is 0 Å². The van der Waals surface area contributed by atoms with Gasteiger partial charge in [-0.15, -0.1) is 0 Å². The van der Waals surface area contributed by atoms with Crippen LogP contribution in [0, 0.1) is 0 Å². The van der Waals surface area contributed by atoms with Crippen molar-refractivity contribution in [1.29, 1.82) is 0 Å². The van der Waals surface area contributed by atoms with Crippen LogP contribution in [-0.4, -0.2) is 17.3 Å². The Morgan fingerprint density at radius 2 is 2.00 bits per heavy atom. The fourth-order valence-electron chi connectivity index (χ4n) is 1.68. The number of nitrogens with two attached hydrogens (primary N) is 1. The van der Waals surface area contributed by atoms with Gasteiger partial charge in [-0.25, -0.2) is 0 Å². The van der Waals surface area contributed by atoms with Gasteiger partial charge in [-0.3, -0.25) is 0 Å². The van der Waals surface area contributed by atoms with Crippen molar-refractivity contribution in [1.82, 2.24) is 0 Å². The molecule has 0 aliphatic heterocycles. The quantitative estimate of drug-likeness (QED) is 0.846. The van der Waals surface area contributed by atoms with Crippen molar-refractivity contribution >= 4 is 15.9 Å². The Bertz CT molecular complexity index is 389. The van der Waals surface area contributed by atoms with Crippen LogP contribution >= 0.6 is 15.9 Å². The number of hydrogen-bond donors (Lipinski definition) is 2. The summed E-state index contributed by atoms with van der Waals surface area (Å²) >= 11 is 3.42. The van der Waals surface area contributed by atoms with E-state index in [0.29, 0.717) is 12.8 Å². The topological polar surface area (TPSA) is 55.5 Å². The van der Waals surface area contributed by atoms with E-state index >= 15 is 0 Å². The first kappa shape index (κ1) is 15.5. The maximum absolute atomic E-state index is 10.2. The van der Waals surface area contributed by atoms with Crippen molar-refractivity contribution in [3.63, 3.8) is 0 Å². The van der Waals surface area contributed by atoms with Gasteiger partial charge in [0.15, 0.2) is 0 Å². The summed E-state index contributed by atoms with van der Waals surface area (Å²) < 4.78 is 6.71. The average molecular weight is 316 g/mol. The normalized spacial score (nSPS) is 13.4. The lowest BCUT2D eigenvalue weighted by Crippen LogP contribution is -2.34. The molecule has 18 heavy (non-hydrogen) atoms. The van der Waals surface area contributed by atoms with Crippen LogP contribution in [0.4, 0.5) is 0 Å². The Labute approximate surface area is 117 Å². The molecule has 0 amide bonds. The number of halogens is 1. The third kappa shape index (κ3) is 3.97. The molecule has 1 aromatic carbocycles. The third-order valence-corrected chi connectivity index (χ3v) is 3.77. The highest BCUT2D eigenvalue weighted by atomic mass is 79.9. The van der Waals surface area contributed by atoms with Crippen molar-refractivity contribution in [3.8, 4) is 5.75 Å². The Hall–Kier alpha value is -0.580. The van der Waals surface area contributed by atoms with Gasteiger partial charge in [0.1, 0.15) is 12.4 Å². The lowest BCUT2D eigenvalue weighted by atomic mass is 9.99. The van der Waals surface area contributed by atoms with Crippen molar-refractivity contribution in [2.24, 2.45) is 5.73 Å². The zero-order chi connectivity index (χ0) is 13.8. The summed E-state index contributed by atoms with van der Waals surface area (Å²) in [5.41, 5.74) is 6.10. The highest BCUT2D eigenvalue weighted by Gasteiger charge is 2.23. The van der Waals surface area contributed by atoms with E-state index in [1.54, 1.807) is 0 Å². The van der Waals surface area contributed by atoms with Crippen LogP contribution in [-0.2, 0) is 0 Å². The molecule has 0 heterocycles. The van der Waals surface area contributed by atoms with Gasteiger partial charge in [0.05, 0.1) is 5.60 Å². The molecular weight excluding hydrogens is 294 g/mol. The van der Waals surface area contributed by atoms with Gasteiger partial charge < -0.3 is 15.6 Å². The molecule has 102 valence electrons. The summed E-state index contributed by atoms with van der Waals surface area (Å²) in [5, 5.41) is 10.2. The van der Waals surface area contributed by atoms with Crippen LogP contribution < -0.4 is 10.5 Å². The fourth-order valence-corrected chi connectivity index (χ4v) is 2.02. The summed E-state index contributed by atoms with van der Waals surface area (Å²) in [6.45, 7) is 6.12. The van der Waals surface area contributed by atoms with Gasteiger partial charge in [-0.05, 0) is 31.9 Å². The van der Waals surface area contributed by atoms with Crippen molar-refractivity contribution in [2.75, 3.05) is 6.61 Å². The Kier molecular flexibility index (Phi) is 5.63. The summed E-state index contributed by atoms with van der Waals surface area (Å²) in [5.74, 6) is 0.736. The molecule has 0 spiro atoms. The highest BCUT2D eigenvalue weighted by molar-refractivity contribution is 9.10. The molecule has 0 radical (unpaired) electrons. The number of benzene rings is 1. The maximum Gasteiger partial charge on any atom is 0.125 e. The van der Waals surface area contributed by atoms with Gasteiger partial charge in [0, 0.05) is 16.1 Å². The highest BCUT2D eigenvalue weighted by Crippen LogP contribution is 2.29. The molecule has 0 aliphatic rings. The number of aliphatic hydroxyl groups is 1. The second-order valence-corrected chi connectivity index (χ2v) is 5.61. The molecule has 1 rings (SSSR count). The van der Waals surface area contributed by atoms with E-state index in [-0.39, 0.29) is 12.6 Å². The first-order valence-corrected chi connectivity index (χ1v) is 7.11. The van der Waals surface area contributed by atoms with Crippen molar-refractivity contribution < 1.29 is 9.84 Å². The molecule has 1 atom stereocenters. The van der Waals surface area contributed by atoms with Crippen LogP contribution in [0.5, 0.6) is 5.75 Å². The molecule has 3 N–H and O–H groups in total. The standard InChI is InChI=1S/C14H22BrNO2/c1-4-14(17,5-2)9-18-13-8-11(15)6-7-12(13)10(3)16/h6-8,10,17H,4-5,9,16H2,1-3H3/t10-/m0/s1. The predicted molar refractivity (Wildman–Crippen MR) is 77.8 cm³/mol. The Balaban J connectivity index is 2.86. The van der Waals surface area contributed by atoms with E-state index < -0.39 is 5.60 Å². The lowest BCUT2D eigenvalue weighted by molar-refractivity contribution is -0.0116. The van der Waals surface area contributed by atoms with E-state index in [2.05, 4.69) is 15.9 Å². The number of ether oxygens (including phenoxy) is 1. The van der Waals surface area contributed by atoms with Crippen molar-refractivity contribution in [2.45, 2.75) is 45.3 Å². The van der Waals surface area contributed by atoms with Crippen molar-refractivity contribution in [3.05, 3.63) is 28.2 Å². The minimum Gasteiger partial charge on any atom is -0.490 e. The Morgan fingerprint density at radius 3 is 2.50 bits per heavy atom. The van der Waals surface area contributed by atoms with Crippen LogP contribution in [0.2, 0.25) is 0 Å². The molecule has 0 bridgehead atoms. The average Bonchev–Trinajstić information content (AvgIpc) is 2.35. The molecule has 1 aromatic rings. The van der Waals surface area contributed by atoms with Gasteiger partial charge in [0.25, 0.3) is 0 Å². The smallest absolute Gasteiger partial charge is 0.125 e. The molecular formula is C14H22BrNO2. The van der Waals surface area contributed by atoms with E-state index in [4.69, 9.17) is 10.5 Å². The minimum atomic E-state index is -0.766. The SMILES string of the molecule is CCC(O)(CC)COc1cc(Br)ccc1[C@H](C)N. The zero-order valence-corrected chi connectivity index (χ0v) is 12.8. The zero-order valence-electron chi connectivity index (χ0n) is 11.2. The first-order chi connectivity index (χ1) is 8.41. The number of hydrogen-bond acceptors (Lipinski definition) is 3. The molecule has 4 heteroatoms. The molecule has 0 unspecified atom stereocenters. The van der Waals surface area contributed by atoms with Crippen LogP contribution in [0.3, 0.4) is 0 Å². The summed E-state index contributed by atoms with van der Waals surface area (Å²) in [4.78, 5) is 0. The molecule has 0 saturated carbocycles. The van der Waals surface area contributed by atoms with Gasteiger partial charge in [0.2, 0.25) is 0 Å². The predicted octanol–water partition coefficient (Wildman–Crippen LogP) is 3.40. The lowest BCUT2D eigenvalue weighted by Gasteiger charge is -2.26. The van der Waals surface area contributed by atoms with E-state index in [1.165, 1.54) is 0 Å². The molecule has 0 fully saturated rings. The van der Waals surface area contributed by atoms with Crippen LogP contribution in [0.15, 0.2) is 22.7 Å². The second-order valence-electron chi connectivity index (χ2n) is 4.69. The molecule has 0 saturated heterocycles. The summed E-state index contributed by atoms with van der Waals surface area (Å²) in [6.07, 6.45) is 1.34. The largest absolute Gasteiger partial charge is 0.490 e. The third-order valence-electron chi connectivity index (χ3n) is 3.28. The molecule has 3 nitrogen and oxygen atoms in total. The van der Waals surface area contributed by atoms with E-state index in [0.717, 1.165) is 15.8 Å². The molecule has 0 aliphatic carbocycles. The fraction of sp³-hybridized carbons (Fsp3) is 0.571. The summed E-state index contributed by atoms with van der Waals surface area (Å²) in [7, 11) is 0. The van der Waals surface area contributed by atoms with E-state index in [1.807, 2.05) is 39.0 Å². The molecule has 0 aromatic heterocycles. The van der Waals surface area contributed by atoms with E-state index in [9.17, 15) is 5.11 Å². The van der Waals surface area contributed by atoms with Gasteiger partial charge >= 0.3 is 0 Å². The monoisotopic (exact) mass is 315 g/mol. The summed E-state index contributed by atoms with van der Waals surface area (Å²) in [6, 6.07) is 5.69. The maximum atomic E-state index is 10.2. The Morgan fingerprint density at radius 1 is 1.39 bits per heavy atom. The van der Waals surface area contributed by atoms with Gasteiger partial charge in [-0.1, -0.05) is 35.8 Å². The van der Waals surface area contributed by atoms with Crippen LogP contribution in [0.25, 0.3) is 0 Å². The first-order valence-electron chi connectivity index (χ1n) is 6.32. The minimum absolute atomic E-state index is 0.0931. The number of rotatable bonds is 6.